The molecule has 0 bridgehead atoms. The second-order valence-electron chi connectivity index (χ2n) is 2.64. The SMILES string of the molecule is Nc1c(F)c(N)c(C(F)(F)F)c(F)c1F. The third kappa shape index (κ3) is 1.66. The molecule has 0 aliphatic heterocycles. The predicted octanol–water partition coefficient (Wildman–Crippen LogP) is 2.29. The molecule has 0 saturated carbocycles. The molecule has 8 heteroatoms. The molecule has 0 aliphatic rings. The summed E-state index contributed by atoms with van der Waals surface area (Å²) in [6.45, 7) is 0. The summed E-state index contributed by atoms with van der Waals surface area (Å²) < 4.78 is 74.6. The fourth-order valence-corrected chi connectivity index (χ4v) is 0.975. The van der Waals surface area contributed by atoms with Crippen LogP contribution >= 0.6 is 0 Å². The van der Waals surface area contributed by atoms with Crippen LogP contribution in [0.5, 0.6) is 0 Å². The average Bonchev–Trinajstić information content (AvgIpc) is 2.09. The van der Waals surface area contributed by atoms with Crippen LogP contribution in [0.15, 0.2) is 0 Å². The molecule has 0 heterocycles. The Kier molecular flexibility index (Phi) is 2.46. The van der Waals surface area contributed by atoms with Crippen molar-refractivity contribution in [1.82, 2.24) is 0 Å². The van der Waals surface area contributed by atoms with Gasteiger partial charge in [0.25, 0.3) is 0 Å². The van der Waals surface area contributed by atoms with Crippen LogP contribution in [0.3, 0.4) is 0 Å². The molecule has 0 fully saturated rings. The van der Waals surface area contributed by atoms with E-state index in [-0.39, 0.29) is 0 Å². The Morgan fingerprint density at radius 2 is 1.20 bits per heavy atom. The summed E-state index contributed by atoms with van der Waals surface area (Å²) in [4.78, 5) is 0. The zero-order valence-electron chi connectivity index (χ0n) is 6.92. The molecule has 15 heavy (non-hydrogen) atoms. The maximum Gasteiger partial charge on any atom is 0.421 e. The van der Waals surface area contributed by atoms with Gasteiger partial charge in [-0.15, -0.1) is 0 Å². The van der Waals surface area contributed by atoms with Crippen LogP contribution in [0.4, 0.5) is 37.7 Å². The third-order valence-electron chi connectivity index (χ3n) is 1.67. The minimum Gasteiger partial charge on any atom is -0.396 e. The molecule has 0 aliphatic carbocycles. The first-order valence-electron chi connectivity index (χ1n) is 3.46. The highest BCUT2D eigenvalue weighted by Gasteiger charge is 2.40. The van der Waals surface area contributed by atoms with Gasteiger partial charge in [0.15, 0.2) is 17.5 Å². The maximum atomic E-state index is 12.8. The van der Waals surface area contributed by atoms with Gasteiger partial charge in [-0.25, -0.2) is 13.2 Å². The van der Waals surface area contributed by atoms with Gasteiger partial charge in [-0.05, 0) is 0 Å². The van der Waals surface area contributed by atoms with Gasteiger partial charge in [0, 0.05) is 0 Å². The lowest BCUT2D eigenvalue weighted by Crippen LogP contribution is -2.16. The van der Waals surface area contributed by atoms with Crippen molar-refractivity contribution in [2.75, 3.05) is 11.5 Å². The molecule has 0 radical (unpaired) electrons. The zero-order chi connectivity index (χ0) is 12.0. The van der Waals surface area contributed by atoms with Gasteiger partial charge in [0.1, 0.15) is 11.3 Å². The molecule has 0 amide bonds. The van der Waals surface area contributed by atoms with Gasteiger partial charge in [-0.3, -0.25) is 0 Å². The number of halogens is 6. The molecule has 1 aromatic rings. The summed E-state index contributed by atoms with van der Waals surface area (Å²) in [6.07, 6.45) is -5.29. The number of nitrogen functional groups attached to an aromatic ring is 2. The predicted molar refractivity (Wildman–Crippen MR) is 40.1 cm³/mol. The lowest BCUT2D eigenvalue weighted by molar-refractivity contribution is -0.139. The molecular formula is C7H4F6N2. The fourth-order valence-electron chi connectivity index (χ4n) is 0.975. The number of rotatable bonds is 0. The van der Waals surface area contributed by atoms with Gasteiger partial charge < -0.3 is 11.5 Å². The highest BCUT2D eigenvalue weighted by Crippen LogP contribution is 2.39. The first-order chi connectivity index (χ1) is 6.68. The first-order valence-corrected chi connectivity index (χ1v) is 3.46. The minimum absolute atomic E-state index is 1.38. The third-order valence-corrected chi connectivity index (χ3v) is 1.67. The Balaban J connectivity index is 3.68. The highest BCUT2D eigenvalue weighted by molar-refractivity contribution is 5.61. The van der Waals surface area contributed by atoms with E-state index in [1.54, 1.807) is 0 Å². The summed E-state index contributed by atoms with van der Waals surface area (Å²) >= 11 is 0. The summed E-state index contributed by atoms with van der Waals surface area (Å²) in [5, 5.41) is 0. The van der Waals surface area contributed by atoms with Crippen LogP contribution < -0.4 is 11.5 Å². The molecule has 84 valence electrons. The van der Waals surface area contributed by atoms with Gasteiger partial charge in [-0.1, -0.05) is 0 Å². The Labute approximate surface area is 79.5 Å². The second-order valence-corrected chi connectivity index (χ2v) is 2.64. The highest BCUT2D eigenvalue weighted by atomic mass is 19.4. The summed E-state index contributed by atoms with van der Waals surface area (Å²) in [5.74, 6) is -6.23. The Hall–Kier alpha value is -1.60. The molecule has 2 nitrogen and oxygen atoms in total. The van der Waals surface area contributed by atoms with Crippen LogP contribution in [0.2, 0.25) is 0 Å². The fraction of sp³-hybridized carbons (Fsp3) is 0.143. The second kappa shape index (κ2) is 3.21. The molecule has 0 aromatic heterocycles. The maximum absolute atomic E-state index is 12.8. The number of alkyl halides is 3. The van der Waals surface area contributed by atoms with E-state index in [1.807, 2.05) is 0 Å². The average molecular weight is 230 g/mol. The van der Waals surface area contributed by atoms with Gasteiger partial charge >= 0.3 is 6.18 Å². The largest absolute Gasteiger partial charge is 0.421 e. The first kappa shape index (κ1) is 11.5. The van der Waals surface area contributed by atoms with E-state index in [0.717, 1.165) is 0 Å². The van der Waals surface area contributed by atoms with E-state index >= 15 is 0 Å². The molecule has 0 spiro atoms. The summed E-state index contributed by atoms with van der Waals surface area (Å²) in [7, 11) is 0. The van der Waals surface area contributed by atoms with Crippen LogP contribution in [-0.4, -0.2) is 0 Å². The van der Waals surface area contributed by atoms with Crippen molar-refractivity contribution in [3.8, 4) is 0 Å². The van der Waals surface area contributed by atoms with E-state index in [4.69, 9.17) is 0 Å². The van der Waals surface area contributed by atoms with Crippen LogP contribution in [-0.2, 0) is 6.18 Å². The summed E-state index contributed by atoms with van der Waals surface area (Å²) in [6, 6.07) is 0. The van der Waals surface area contributed by atoms with E-state index in [0.29, 0.717) is 0 Å². The lowest BCUT2D eigenvalue weighted by Gasteiger charge is -2.13. The Morgan fingerprint density at radius 1 is 0.733 bits per heavy atom. The van der Waals surface area contributed by atoms with E-state index < -0.39 is 40.6 Å². The van der Waals surface area contributed by atoms with Crippen LogP contribution in [0, 0.1) is 17.5 Å². The Bertz CT molecular complexity index is 382. The molecule has 0 saturated heterocycles. The van der Waals surface area contributed by atoms with Crippen molar-refractivity contribution in [3.63, 3.8) is 0 Å². The summed E-state index contributed by atoms with van der Waals surface area (Å²) in [5.41, 5.74) is 4.19. The number of hydrogen-bond acceptors (Lipinski definition) is 2. The van der Waals surface area contributed by atoms with Gasteiger partial charge in [0.05, 0.1) is 5.69 Å². The standard InChI is InChI=1S/C7H4F6N2/c8-2-1(7(11,12)13)5(14)4(10)6(15)3(2)9/h14-15H2. The minimum atomic E-state index is -5.29. The van der Waals surface area contributed by atoms with Gasteiger partial charge in [-0.2, -0.15) is 13.2 Å². The quantitative estimate of drug-likeness (QED) is 0.408. The van der Waals surface area contributed by atoms with E-state index in [2.05, 4.69) is 11.5 Å². The van der Waals surface area contributed by atoms with E-state index in [1.165, 1.54) is 0 Å². The van der Waals surface area contributed by atoms with Gasteiger partial charge in [0.2, 0.25) is 0 Å². The molecule has 0 unspecified atom stereocenters. The van der Waals surface area contributed by atoms with Crippen molar-refractivity contribution in [2.24, 2.45) is 0 Å². The normalized spacial score (nSPS) is 11.9. The molecule has 0 atom stereocenters. The monoisotopic (exact) mass is 230 g/mol. The topological polar surface area (TPSA) is 52.0 Å². The van der Waals surface area contributed by atoms with E-state index in [9.17, 15) is 26.3 Å². The molecular weight excluding hydrogens is 226 g/mol. The molecule has 1 rings (SSSR count). The molecule has 4 N–H and O–H groups in total. The lowest BCUT2D eigenvalue weighted by atomic mass is 10.1. The van der Waals surface area contributed by atoms with Crippen molar-refractivity contribution in [3.05, 3.63) is 23.0 Å². The van der Waals surface area contributed by atoms with Crippen LogP contribution in [0.1, 0.15) is 5.56 Å². The van der Waals surface area contributed by atoms with Crippen LogP contribution in [0.25, 0.3) is 0 Å². The van der Waals surface area contributed by atoms with Crippen molar-refractivity contribution in [2.45, 2.75) is 6.18 Å². The Morgan fingerprint density at radius 3 is 1.60 bits per heavy atom. The molecule has 1 aromatic carbocycles. The number of hydrogen-bond donors (Lipinski definition) is 2. The smallest absolute Gasteiger partial charge is 0.396 e. The van der Waals surface area contributed by atoms with Crippen molar-refractivity contribution in [1.29, 1.82) is 0 Å². The number of anilines is 2. The zero-order valence-corrected chi connectivity index (χ0v) is 6.92. The van der Waals surface area contributed by atoms with Crippen molar-refractivity contribution >= 4 is 11.4 Å². The number of benzene rings is 1. The number of nitrogens with two attached hydrogens (primary N) is 2. The van der Waals surface area contributed by atoms with Crippen molar-refractivity contribution < 1.29 is 26.3 Å².